The van der Waals surface area contributed by atoms with Gasteiger partial charge in [-0.15, -0.1) is 0 Å². The second-order valence-electron chi connectivity index (χ2n) is 4.81. The van der Waals surface area contributed by atoms with Crippen LogP contribution in [0.25, 0.3) is 0 Å². The summed E-state index contributed by atoms with van der Waals surface area (Å²) in [7, 11) is 2.06. The Kier molecular flexibility index (Phi) is 5.50. The first-order chi connectivity index (χ1) is 9.79. The molecule has 0 aliphatic rings. The van der Waals surface area contributed by atoms with E-state index < -0.39 is 0 Å². The van der Waals surface area contributed by atoms with Crippen LogP contribution in [0.4, 0.5) is 5.82 Å². The maximum Gasteiger partial charge on any atom is 0.147 e. The van der Waals surface area contributed by atoms with Crippen molar-refractivity contribution in [3.05, 3.63) is 54.0 Å². The highest BCUT2D eigenvalue weighted by Gasteiger charge is 2.04. The minimum atomic E-state index is 0.768. The number of hydrogen-bond donors (Lipinski definition) is 1. The lowest BCUT2D eigenvalue weighted by molar-refractivity contribution is 0.704. The van der Waals surface area contributed by atoms with Gasteiger partial charge in [0.1, 0.15) is 5.82 Å². The van der Waals surface area contributed by atoms with Crippen LogP contribution < -0.4 is 10.2 Å². The molecule has 0 spiro atoms. The molecule has 0 amide bonds. The average molecular weight is 270 g/mol. The molecule has 0 atom stereocenters. The van der Waals surface area contributed by atoms with Crippen molar-refractivity contribution in [3.63, 3.8) is 0 Å². The summed E-state index contributed by atoms with van der Waals surface area (Å²) in [6.07, 6.45) is 4.65. The Bertz CT molecular complexity index is 513. The maximum absolute atomic E-state index is 4.62. The van der Waals surface area contributed by atoms with Gasteiger partial charge in [-0.2, -0.15) is 0 Å². The molecule has 4 heteroatoms. The van der Waals surface area contributed by atoms with E-state index in [9.17, 15) is 0 Å². The van der Waals surface area contributed by atoms with Crippen molar-refractivity contribution in [1.82, 2.24) is 15.3 Å². The highest BCUT2D eigenvalue weighted by atomic mass is 15.2. The monoisotopic (exact) mass is 270 g/mol. The summed E-state index contributed by atoms with van der Waals surface area (Å²) in [5, 5.41) is 3.27. The lowest BCUT2D eigenvalue weighted by Gasteiger charge is -2.18. The molecular weight excluding hydrogens is 248 g/mol. The standard InChI is InChI=1S/C16H22N4/c1-3-17-11-15-12-18-13-16(19-15)20(2)10-9-14-7-5-4-6-8-14/h4-8,12-13,17H,3,9-11H2,1-2H3. The van der Waals surface area contributed by atoms with Crippen molar-refractivity contribution in [1.29, 1.82) is 0 Å². The molecule has 0 bridgehead atoms. The van der Waals surface area contributed by atoms with E-state index in [0.29, 0.717) is 0 Å². The Balaban J connectivity index is 1.93. The van der Waals surface area contributed by atoms with Crippen LogP contribution in [0.2, 0.25) is 0 Å². The molecule has 2 aromatic rings. The van der Waals surface area contributed by atoms with Crippen LogP contribution >= 0.6 is 0 Å². The smallest absolute Gasteiger partial charge is 0.147 e. The number of anilines is 1. The highest BCUT2D eigenvalue weighted by molar-refractivity contribution is 5.35. The fourth-order valence-electron chi connectivity index (χ4n) is 1.97. The topological polar surface area (TPSA) is 41.1 Å². The van der Waals surface area contributed by atoms with Gasteiger partial charge >= 0.3 is 0 Å². The summed E-state index contributed by atoms with van der Waals surface area (Å²) in [6, 6.07) is 10.5. The van der Waals surface area contributed by atoms with E-state index in [1.807, 2.05) is 18.5 Å². The predicted molar refractivity (Wildman–Crippen MR) is 82.8 cm³/mol. The quantitative estimate of drug-likeness (QED) is 0.838. The number of nitrogens with one attached hydrogen (secondary N) is 1. The molecule has 0 radical (unpaired) electrons. The third-order valence-electron chi connectivity index (χ3n) is 3.20. The van der Waals surface area contributed by atoms with Crippen LogP contribution in [0, 0.1) is 0 Å². The minimum Gasteiger partial charge on any atom is -0.358 e. The second-order valence-corrected chi connectivity index (χ2v) is 4.81. The molecule has 1 N–H and O–H groups in total. The Morgan fingerprint density at radius 2 is 1.95 bits per heavy atom. The molecule has 0 aliphatic heterocycles. The lowest BCUT2D eigenvalue weighted by Crippen LogP contribution is -2.22. The largest absolute Gasteiger partial charge is 0.358 e. The Morgan fingerprint density at radius 1 is 1.15 bits per heavy atom. The zero-order valence-corrected chi connectivity index (χ0v) is 12.2. The zero-order valence-electron chi connectivity index (χ0n) is 12.2. The third-order valence-corrected chi connectivity index (χ3v) is 3.20. The van der Waals surface area contributed by atoms with Gasteiger partial charge in [0.2, 0.25) is 0 Å². The van der Waals surface area contributed by atoms with Gasteiger partial charge in [-0.3, -0.25) is 4.98 Å². The molecular formula is C16H22N4. The van der Waals surface area contributed by atoms with Crippen LogP contribution in [-0.4, -0.2) is 30.1 Å². The fourth-order valence-corrected chi connectivity index (χ4v) is 1.97. The molecule has 1 heterocycles. The van der Waals surface area contributed by atoms with Crippen molar-refractivity contribution in [2.45, 2.75) is 19.9 Å². The van der Waals surface area contributed by atoms with Gasteiger partial charge in [0.05, 0.1) is 11.9 Å². The summed E-state index contributed by atoms with van der Waals surface area (Å²) in [6.45, 7) is 4.73. The van der Waals surface area contributed by atoms with Gasteiger partial charge in [-0.1, -0.05) is 37.3 Å². The van der Waals surface area contributed by atoms with Gasteiger partial charge in [-0.05, 0) is 18.5 Å². The van der Waals surface area contributed by atoms with Gasteiger partial charge in [0.25, 0.3) is 0 Å². The van der Waals surface area contributed by atoms with Crippen molar-refractivity contribution >= 4 is 5.82 Å². The molecule has 1 aromatic heterocycles. The van der Waals surface area contributed by atoms with Gasteiger partial charge in [0.15, 0.2) is 0 Å². The van der Waals surface area contributed by atoms with Gasteiger partial charge in [-0.25, -0.2) is 4.98 Å². The number of aromatic nitrogens is 2. The fraction of sp³-hybridized carbons (Fsp3) is 0.375. The summed E-state index contributed by atoms with van der Waals surface area (Å²) in [5.41, 5.74) is 2.33. The van der Waals surface area contributed by atoms with E-state index in [0.717, 1.165) is 37.6 Å². The molecule has 20 heavy (non-hydrogen) atoms. The van der Waals surface area contributed by atoms with E-state index in [2.05, 4.69) is 58.4 Å². The van der Waals surface area contributed by atoms with Crippen LogP contribution in [0.1, 0.15) is 18.2 Å². The normalized spacial score (nSPS) is 10.5. The number of benzene rings is 1. The van der Waals surface area contributed by atoms with Crippen LogP contribution in [-0.2, 0) is 13.0 Å². The average Bonchev–Trinajstić information content (AvgIpc) is 2.52. The molecule has 0 saturated carbocycles. The molecule has 0 fully saturated rings. The molecule has 106 valence electrons. The van der Waals surface area contributed by atoms with Crippen molar-refractivity contribution in [3.8, 4) is 0 Å². The van der Waals surface area contributed by atoms with E-state index in [4.69, 9.17) is 0 Å². The Labute approximate surface area is 120 Å². The zero-order chi connectivity index (χ0) is 14.2. The van der Waals surface area contributed by atoms with E-state index in [-0.39, 0.29) is 0 Å². The van der Waals surface area contributed by atoms with E-state index >= 15 is 0 Å². The predicted octanol–water partition coefficient (Wildman–Crippen LogP) is 2.27. The van der Waals surface area contributed by atoms with Gasteiger partial charge in [0, 0.05) is 26.3 Å². The van der Waals surface area contributed by atoms with Crippen LogP contribution in [0.3, 0.4) is 0 Å². The maximum atomic E-state index is 4.62. The Hall–Kier alpha value is -1.94. The summed E-state index contributed by atoms with van der Waals surface area (Å²) >= 11 is 0. The minimum absolute atomic E-state index is 0.768. The second kappa shape index (κ2) is 7.60. The molecule has 0 aliphatic carbocycles. The van der Waals surface area contributed by atoms with E-state index in [1.54, 1.807) is 0 Å². The number of rotatable bonds is 7. The summed E-state index contributed by atoms with van der Waals surface area (Å²) in [4.78, 5) is 11.0. The first-order valence-corrected chi connectivity index (χ1v) is 7.06. The van der Waals surface area contributed by atoms with Crippen molar-refractivity contribution in [2.24, 2.45) is 0 Å². The first kappa shape index (κ1) is 14.5. The molecule has 4 nitrogen and oxygen atoms in total. The lowest BCUT2D eigenvalue weighted by atomic mass is 10.1. The summed E-state index contributed by atoms with van der Waals surface area (Å²) in [5.74, 6) is 0.927. The molecule has 0 saturated heterocycles. The summed E-state index contributed by atoms with van der Waals surface area (Å²) < 4.78 is 0. The number of hydrogen-bond acceptors (Lipinski definition) is 4. The Morgan fingerprint density at radius 3 is 2.70 bits per heavy atom. The van der Waals surface area contributed by atoms with E-state index in [1.165, 1.54) is 5.56 Å². The molecule has 0 unspecified atom stereocenters. The van der Waals surface area contributed by atoms with Gasteiger partial charge < -0.3 is 10.2 Å². The number of likely N-dealkylation sites (N-methyl/N-ethyl adjacent to an activating group) is 1. The van der Waals surface area contributed by atoms with Crippen molar-refractivity contribution < 1.29 is 0 Å². The molecule has 2 rings (SSSR count). The SMILES string of the molecule is CCNCc1cncc(N(C)CCc2ccccc2)n1. The van der Waals surface area contributed by atoms with Crippen LogP contribution in [0.15, 0.2) is 42.7 Å². The van der Waals surface area contributed by atoms with Crippen LogP contribution in [0.5, 0.6) is 0 Å². The number of nitrogens with zero attached hydrogens (tertiary/aromatic N) is 3. The van der Waals surface area contributed by atoms with Crippen molar-refractivity contribution in [2.75, 3.05) is 25.0 Å². The first-order valence-electron chi connectivity index (χ1n) is 7.06. The highest BCUT2D eigenvalue weighted by Crippen LogP contribution is 2.09. The third kappa shape index (κ3) is 4.31. The molecule has 1 aromatic carbocycles.